The average molecular weight is 193 g/mol. The highest BCUT2D eigenvalue weighted by molar-refractivity contribution is 7.80. The molecule has 1 nitrogen and oxygen atoms in total. The topological polar surface area (TPSA) is 26.0 Å². The summed E-state index contributed by atoms with van der Waals surface area (Å²) >= 11 is 4.13. The predicted molar refractivity (Wildman–Crippen MR) is 62.1 cm³/mol. The second-order valence-electron chi connectivity index (χ2n) is 2.82. The van der Waals surface area contributed by atoms with Gasteiger partial charge in [0.05, 0.1) is 0 Å². The zero-order valence-electron chi connectivity index (χ0n) is 7.61. The highest BCUT2D eigenvalue weighted by Crippen LogP contribution is 2.10. The van der Waals surface area contributed by atoms with Crippen molar-refractivity contribution in [2.24, 2.45) is 5.73 Å². The minimum absolute atomic E-state index is 0.700. The van der Waals surface area contributed by atoms with Gasteiger partial charge in [-0.2, -0.15) is 12.6 Å². The smallest absolute Gasteiger partial charge is 0.00858 e. The standard InChI is InChI=1S/C11H15NS/c12-8-7-11-5-2-1-4-10(11)6-3-9-13/h1-6,13H,7-9,12H2. The Morgan fingerprint density at radius 1 is 1.31 bits per heavy atom. The van der Waals surface area contributed by atoms with Crippen molar-refractivity contribution in [2.45, 2.75) is 6.42 Å². The summed E-state index contributed by atoms with van der Waals surface area (Å²) in [5.74, 6) is 0.775. The third-order valence-corrected chi connectivity index (χ3v) is 2.08. The molecule has 1 aromatic carbocycles. The van der Waals surface area contributed by atoms with Gasteiger partial charge in [-0.1, -0.05) is 36.4 Å². The molecule has 0 saturated carbocycles. The lowest BCUT2D eigenvalue weighted by Gasteiger charge is -2.03. The Morgan fingerprint density at radius 3 is 2.77 bits per heavy atom. The molecule has 0 atom stereocenters. The molecule has 1 aromatic rings. The van der Waals surface area contributed by atoms with Gasteiger partial charge in [0.2, 0.25) is 0 Å². The van der Waals surface area contributed by atoms with E-state index in [9.17, 15) is 0 Å². The number of thiol groups is 1. The van der Waals surface area contributed by atoms with Crippen molar-refractivity contribution in [3.8, 4) is 0 Å². The Kier molecular flexibility index (Phi) is 4.65. The summed E-state index contributed by atoms with van der Waals surface area (Å²) < 4.78 is 0. The summed E-state index contributed by atoms with van der Waals surface area (Å²) in [5, 5.41) is 0. The van der Waals surface area contributed by atoms with Crippen LogP contribution in [0.5, 0.6) is 0 Å². The summed E-state index contributed by atoms with van der Waals surface area (Å²) in [4.78, 5) is 0. The van der Waals surface area contributed by atoms with Crippen molar-refractivity contribution in [1.29, 1.82) is 0 Å². The molecule has 0 aliphatic heterocycles. The van der Waals surface area contributed by atoms with E-state index < -0.39 is 0 Å². The van der Waals surface area contributed by atoms with E-state index in [1.165, 1.54) is 11.1 Å². The highest BCUT2D eigenvalue weighted by atomic mass is 32.1. The number of benzene rings is 1. The molecule has 0 heterocycles. The normalized spacial score (nSPS) is 10.9. The highest BCUT2D eigenvalue weighted by Gasteiger charge is 1.95. The van der Waals surface area contributed by atoms with Crippen molar-refractivity contribution in [3.05, 3.63) is 41.5 Å². The first-order chi connectivity index (χ1) is 6.38. The van der Waals surface area contributed by atoms with Crippen LogP contribution in [0, 0.1) is 0 Å². The van der Waals surface area contributed by atoms with Crippen molar-refractivity contribution in [2.75, 3.05) is 12.3 Å². The fourth-order valence-corrected chi connectivity index (χ4v) is 1.37. The van der Waals surface area contributed by atoms with Gasteiger partial charge in [-0.25, -0.2) is 0 Å². The average Bonchev–Trinajstić information content (AvgIpc) is 2.17. The Bertz CT molecular complexity index is 281. The van der Waals surface area contributed by atoms with Crippen LogP contribution >= 0.6 is 12.6 Å². The maximum atomic E-state index is 5.52. The van der Waals surface area contributed by atoms with Gasteiger partial charge in [0.15, 0.2) is 0 Å². The first-order valence-corrected chi connectivity index (χ1v) is 5.07. The van der Waals surface area contributed by atoms with E-state index in [4.69, 9.17) is 5.73 Å². The van der Waals surface area contributed by atoms with Gasteiger partial charge in [-0.3, -0.25) is 0 Å². The molecule has 0 bridgehead atoms. The molecule has 0 spiro atoms. The van der Waals surface area contributed by atoms with Crippen LogP contribution in [0.15, 0.2) is 30.3 Å². The summed E-state index contributed by atoms with van der Waals surface area (Å²) in [6, 6.07) is 8.30. The van der Waals surface area contributed by atoms with Gasteiger partial charge < -0.3 is 5.73 Å². The maximum absolute atomic E-state index is 5.52. The molecule has 0 radical (unpaired) electrons. The first kappa shape index (κ1) is 10.4. The molecule has 0 saturated heterocycles. The van der Waals surface area contributed by atoms with Gasteiger partial charge in [0.25, 0.3) is 0 Å². The Hall–Kier alpha value is -0.730. The lowest BCUT2D eigenvalue weighted by atomic mass is 10.0. The predicted octanol–water partition coefficient (Wildman–Crippen LogP) is 2.13. The van der Waals surface area contributed by atoms with Gasteiger partial charge in [-0.15, -0.1) is 0 Å². The van der Waals surface area contributed by atoms with E-state index in [1.54, 1.807) is 0 Å². The largest absolute Gasteiger partial charge is 0.330 e. The summed E-state index contributed by atoms with van der Waals surface area (Å²) in [6.45, 7) is 0.700. The van der Waals surface area contributed by atoms with Crippen LogP contribution in [0.25, 0.3) is 6.08 Å². The molecule has 2 heteroatoms. The number of nitrogens with two attached hydrogens (primary N) is 1. The van der Waals surface area contributed by atoms with E-state index in [2.05, 4.69) is 30.8 Å². The molecule has 0 aliphatic carbocycles. The summed E-state index contributed by atoms with van der Waals surface area (Å²) in [5.41, 5.74) is 8.08. The lowest BCUT2D eigenvalue weighted by molar-refractivity contribution is 0.966. The molecule has 0 aromatic heterocycles. The van der Waals surface area contributed by atoms with Gasteiger partial charge in [0.1, 0.15) is 0 Å². The molecule has 0 aliphatic rings. The fourth-order valence-electron chi connectivity index (χ4n) is 1.26. The van der Waals surface area contributed by atoms with Crippen LogP contribution in [0.2, 0.25) is 0 Å². The van der Waals surface area contributed by atoms with Crippen molar-refractivity contribution >= 4 is 18.7 Å². The fraction of sp³-hybridized carbons (Fsp3) is 0.273. The molecule has 13 heavy (non-hydrogen) atoms. The minimum atomic E-state index is 0.700. The number of rotatable bonds is 4. The van der Waals surface area contributed by atoms with E-state index in [0.717, 1.165) is 12.2 Å². The second kappa shape index (κ2) is 5.84. The first-order valence-electron chi connectivity index (χ1n) is 4.44. The number of hydrogen-bond acceptors (Lipinski definition) is 2. The Morgan fingerprint density at radius 2 is 2.08 bits per heavy atom. The van der Waals surface area contributed by atoms with E-state index in [-0.39, 0.29) is 0 Å². The molecular formula is C11H15NS. The van der Waals surface area contributed by atoms with Crippen molar-refractivity contribution in [3.63, 3.8) is 0 Å². The third-order valence-electron chi connectivity index (χ3n) is 1.87. The van der Waals surface area contributed by atoms with Crippen LogP contribution in [-0.4, -0.2) is 12.3 Å². The summed E-state index contributed by atoms with van der Waals surface area (Å²) in [6.07, 6.45) is 5.07. The molecule has 0 unspecified atom stereocenters. The zero-order chi connectivity index (χ0) is 9.52. The molecule has 2 N–H and O–H groups in total. The van der Waals surface area contributed by atoms with Crippen LogP contribution in [0.4, 0.5) is 0 Å². The molecular weight excluding hydrogens is 178 g/mol. The van der Waals surface area contributed by atoms with E-state index in [1.807, 2.05) is 18.2 Å². The minimum Gasteiger partial charge on any atom is -0.330 e. The maximum Gasteiger partial charge on any atom is 0.00858 e. The Labute approximate surface area is 85.1 Å². The summed E-state index contributed by atoms with van der Waals surface area (Å²) in [7, 11) is 0. The lowest BCUT2D eigenvalue weighted by Crippen LogP contribution is -2.03. The quantitative estimate of drug-likeness (QED) is 0.704. The van der Waals surface area contributed by atoms with Crippen molar-refractivity contribution < 1.29 is 0 Å². The second-order valence-corrected chi connectivity index (χ2v) is 3.19. The van der Waals surface area contributed by atoms with Crippen LogP contribution in [0.1, 0.15) is 11.1 Å². The Balaban J connectivity index is 2.84. The van der Waals surface area contributed by atoms with Crippen LogP contribution < -0.4 is 5.73 Å². The van der Waals surface area contributed by atoms with Gasteiger partial charge >= 0.3 is 0 Å². The van der Waals surface area contributed by atoms with E-state index >= 15 is 0 Å². The van der Waals surface area contributed by atoms with Gasteiger partial charge in [-0.05, 0) is 24.1 Å². The molecule has 0 amide bonds. The molecule has 1 rings (SSSR count). The SMILES string of the molecule is NCCc1ccccc1C=CCS. The van der Waals surface area contributed by atoms with Crippen molar-refractivity contribution in [1.82, 2.24) is 0 Å². The van der Waals surface area contributed by atoms with Crippen LogP contribution in [0.3, 0.4) is 0 Å². The monoisotopic (exact) mass is 193 g/mol. The van der Waals surface area contributed by atoms with Gasteiger partial charge in [0, 0.05) is 5.75 Å². The zero-order valence-corrected chi connectivity index (χ0v) is 8.50. The molecule has 70 valence electrons. The van der Waals surface area contributed by atoms with E-state index in [0.29, 0.717) is 6.54 Å². The van der Waals surface area contributed by atoms with Crippen LogP contribution in [-0.2, 0) is 6.42 Å². The molecule has 0 fully saturated rings. The third kappa shape index (κ3) is 3.25. The number of hydrogen-bond donors (Lipinski definition) is 2.